The van der Waals surface area contributed by atoms with E-state index in [1.807, 2.05) is 0 Å². The normalized spacial score (nSPS) is 23.2. The van der Waals surface area contributed by atoms with Crippen molar-refractivity contribution in [3.63, 3.8) is 0 Å². The molecule has 2 heterocycles. The number of aliphatic hydroxyl groups excluding tert-OH is 2. The fourth-order valence-electron chi connectivity index (χ4n) is 2.22. The molecule has 1 aromatic heterocycles. The lowest BCUT2D eigenvalue weighted by Gasteiger charge is -2.28. The Bertz CT molecular complexity index is 698. The second kappa shape index (κ2) is 6.26. The van der Waals surface area contributed by atoms with E-state index >= 15 is 0 Å². The lowest BCUT2D eigenvalue weighted by Crippen LogP contribution is -2.49. The van der Waals surface area contributed by atoms with Gasteiger partial charge in [0.25, 0.3) is 0 Å². The molecule has 0 bridgehead atoms. The average Bonchev–Trinajstić information content (AvgIpc) is 2.82. The van der Waals surface area contributed by atoms with Gasteiger partial charge in [-0.1, -0.05) is 0 Å². The van der Waals surface area contributed by atoms with Crippen LogP contribution >= 0.6 is 0 Å². The summed E-state index contributed by atoms with van der Waals surface area (Å²) in [6.45, 7) is 0. The summed E-state index contributed by atoms with van der Waals surface area (Å²) in [5.74, 6) is -2.98. The lowest BCUT2D eigenvalue weighted by molar-refractivity contribution is -0.221. The molecule has 0 fully saturated rings. The SMILES string of the molecule is OC1C(C(O)C(F)(F)F)C(C(F)(F)F)=NN1c1cncc(C(F)(F)F)c1. The van der Waals surface area contributed by atoms with Crippen molar-refractivity contribution >= 4 is 11.4 Å². The van der Waals surface area contributed by atoms with Crippen molar-refractivity contribution in [2.24, 2.45) is 11.0 Å². The average molecular weight is 397 g/mol. The lowest BCUT2D eigenvalue weighted by atomic mass is 9.94. The number of anilines is 1. The van der Waals surface area contributed by atoms with E-state index in [4.69, 9.17) is 5.11 Å². The Kier molecular flexibility index (Phi) is 4.87. The molecule has 3 atom stereocenters. The zero-order valence-corrected chi connectivity index (χ0v) is 12.1. The van der Waals surface area contributed by atoms with E-state index in [1.54, 1.807) is 0 Å². The van der Waals surface area contributed by atoms with Gasteiger partial charge in [0, 0.05) is 6.20 Å². The van der Waals surface area contributed by atoms with Crippen LogP contribution in [0.25, 0.3) is 0 Å². The Balaban J connectivity index is 2.50. The molecule has 0 amide bonds. The van der Waals surface area contributed by atoms with Crippen LogP contribution in [0.5, 0.6) is 0 Å². The topological polar surface area (TPSA) is 69.0 Å². The van der Waals surface area contributed by atoms with E-state index in [0.29, 0.717) is 12.4 Å². The Morgan fingerprint density at radius 3 is 2.00 bits per heavy atom. The van der Waals surface area contributed by atoms with Crippen LogP contribution in [0.2, 0.25) is 0 Å². The third-order valence-electron chi connectivity index (χ3n) is 3.38. The molecule has 1 aromatic rings. The maximum Gasteiger partial charge on any atom is 0.431 e. The summed E-state index contributed by atoms with van der Waals surface area (Å²) in [6.07, 6.45) is -21.5. The molecule has 3 unspecified atom stereocenters. The third-order valence-corrected chi connectivity index (χ3v) is 3.38. The summed E-state index contributed by atoms with van der Waals surface area (Å²) in [4.78, 5) is 3.13. The van der Waals surface area contributed by atoms with E-state index in [0.717, 1.165) is 0 Å². The van der Waals surface area contributed by atoms with Gasteiger partial charge in [0.2, 0.25) is 0 Å². The number of alkyl halides is 9. The van der Waals surface area contributed by atoms with Gasteiger partial charge in [-0.3, -0.25) is 4.98 Å². The number of nitrogens with zero attached hydrogens (tertiary/aromatic N) is 3. The minimum atomic E-state index is -5.54. The number of rotatable bonds is 2. The molecule has 0 radical (unpaired) electrons. The van der Waals surface area contributed by atoms with E-state index in [1.165, 1.54) is 0 Å². The predicted octanol–water partition coefficient (Wildman–Crippen LogP) is 2.70. The van der Waals surface area contributed by atoms with Gasteiger partial charge in [-0.05, 0) is 6.07 Å². The first-order chi connectivity index (χ1) is 11.6. The number of halogens is 9. The summed E-state index contributed by atoms with van der Waals surface area (Å²) in [5, 5.41) is 21.6. The minimum absolute atomic E-state index is 0.106. The van der Waals surface area contributed by atoms with Gasteiger partial charge in [-0.25, -0.2) is 5.01 Å². The van der Waals surface area contributed by atoms with Crippen LogP contribution in [0.1, 0.15) is 5.56 Å². The Morgan fingerprint density at radius 2 is 1.54 bits per heavy atom. The van der Waals surface area contributed by atoms with Crippen LogP contribution in [0, 0.1) is 5.92 Å². The Morgan fingerprint density at radius 1 is 0.962 bits per heavy atom. The van der Waals surface area contributed by atoms with Gasteiger partial charge in [0.1, 0.15) is 0 Å². The first-order valence-electron chi connectivity index (χ1n) is 6.54. The first-order valence-corrected chi connectivity index (χ1v) is 6.54. The number of hydrazone groups is 1. The number of hydrogen-bond donors (Lipinski definition) is 2. The maximum atomic E-state index is 12.9. The van der Waals surface area contributed by atoms with E-state index in [9.17, 15) is 44.6 Å². The Labute approximate surface area is 138 Å². The largest absolute Gasteiger partial charge is 0.431 e. The smallest absolute Gasteiger partial charge is 0.383 e. The number of pyridine rings is 1. The van der Waals surface area contributed by atoms with E-state index in [-0.39, 0.29) is 11.1 Å². The molecule has 1 aliphatic heterocycles. The molecule has 26 heavy (non-hydrogen) atoms. The van der Waals surface area contributed by atoms with Crippen LogP contribution in [0.15, 0.2) is 23.6 Å². The first kappa shape index (κ1) is 20.2. The number of hydrogen-bond acceptors (Lipinski definition) is 5. The van der Waals surface area contributed by atoms with Crippen molar-refractivity contribution in [3.8, 4) is 0 Å². The highest BCUT2D eigenvalue weighted by Crippen LogP contribution is 2.40. The Hall–Kier alpha value is -2.09. The van der Waals surface area contributed by atoms with Gasteiger partial charge in [0.15, 0.2) is 18.0 Å². The quantitative estimate of drug-likeness (QED) is 0.754. The van der Waals surface area contributed by atoms with E-state index < -0.39 is 53.7 Å². The molecule has 0 saturated carbocycles. The predicted molar refractivity (Wildman–Crippen MR) is 66.8 cm³/mol. The third kappa shape index (κ3) is 3.85. The molecule has 0 spiro atoms. The summed E-state index contributed by atoms with van der Waals surface area (Å²) in [5.41, 5.74) is -4.45. The van der Waals surface area contributed by atoms with Crippen LogP contribution in [-0.4, -0.2) is 45.6 Å². The standard InChI is InChI=1S/C12H8F9N3O2/c13-10(14,15)4-1-5(3-22-2-4)24-9(26)6(8(25)12(19,20)21)7(23-24)11(16,17)18/h1-3,6,8-9,25-26H. The number of aromatic nitrogens is 1. The van der Waals surface area contributed by atoms with Gasteiger partial charge >= 0.3 is 18.5 Å². The van der Waals surface area contributed by atoms with Crippen molar-refractivity contribution in [1.29, 1.82) is 0 Å². The van der Waals surface area contributed by atoms with Gasteiger partial charge in [0.05, 0.1) is 23.4 Å². The minimum Gasteiger partial charge on any atom is -0.383 e. The summed E-state index contributed by atoms with van der Waals surface area (Å²) in [7, 11) is 0. The molecular formula is C12H8F9N3O2. The van der Waals surface area contributed by atoms with Crippen LogP contribution in [-0.2, 0) is 6.18 Å². The van der Waals surface area contributed by atoms with Crippen LogP contribution in [0.3, 0.4) is 0 Å². The van der Waals surface area contributed by atoms with Crippen molar-refractivity contribution in [2.75, 3.05) is 5.01 Å². The van der Waals surface area contributed by atoms with Gasteiger partial charge in [-0.2, -0.15) is 44.6 Å². The molecule has 0 saturated heterocycles. The molecule has 0 aromatic carbocycles. The van der Waals surface area contributed by atoms with Crippen molar-refractivity contribution in [3.05, 3.63) is 24.0 Å². The highest BCUT2D eigenvalue weighted by atomic mass is 19.4. The molecule has 14 heteroatoms. The van der Waals surface area contributed by atoms with Crippen molar-refractivity contribution < 1.29 is 49.7 Å². The van der Waals surface area contributed by atoms with Crippen molar-refractivity contribution in [2.45, 2.75) is 30.9 Å². The molecule has 146 valence electrons. The summed E-state index contributed by atoms with van der Waals surface area (Å²) < 4.78 is 115. The van der Waals surface area contributed by atoms with Crippen LogP contribution < -0.4 is 5.01 Å². The molecular weight excluding hydrogens is 389 g/mol. The highest BCUT2D eigenvalue weighted by molar-refractivity contribution is 5.95. The molecule has 2 rings (SSSR count). The molecule has 2 N–H and O–H groups in total. The van der Waals surface area contributed by atoms with Crippen LogP contribution in [0.4, 0.5) is 45.2 Å². The number of aliphatic hydroxyl groups is 2. The zero-order valence-electron chi connectivity index (χ0n) is 12.1. The van der Waals surface area contributed by atoms with Crippen molar-refractivity contribution in [1.82, 2.24) is 4.98 Å². The maximum absolute atomic E-state index is 12.9. The molecule has 1 aliphatic rings. The fraction of sp³-hybridized carbons (Fsp3) is 0.500. The van der Waals surface area contributed by atoms with E-state index in [2.05, 4.69) is 10.1 Å². The second-order valence-electron chi connectivity index (χ2n) is 5.18. The summed E-state index contributed by atoms with van der Waals surface area (Å²) >= 11 is 0. The van der Waals surface area contributed by atoms with Gasteiger partial charge in [-0.15, -0.1) is 0 Å². The monoisotopic (exact) mass is 397 g/mol. The fourth-order valence-corrected chi connectivity index (χ4v) is 2.22. The van der Waals surface area contributed by atoms with Gasteiger partial charge < -0.3 is 10.2 Å². The highest BCUT2D eigenvalue weighted by Gasteiger charge is 2.59. The molecule has 5 nitrogen and oxygen atoms in total. The molecule has 0 aliphatic carbocycles. The summed E-state index contributed by atoms with van der Waals surface area (Å²) in [6, 6.07) is 0.246. The second-order valence-corrected chi connectivity index (χ2v) is 5.18. The zero-order chi connectivity index (χ0) is 20.1.